The van der Waals surface area contributed by atoms with Gasteiger partial charge in [0.2, 0.25) is 11.8 Å². The number of piperidine rings is 2. The van der Waals surface area contributed by atoms with Crippen molar-refractivity contribution in [2.45, 2.75) is 253 Å². The molecule has 466 valence electrons. The number of carbonyl (C=O) groups is 2. The van der Waals surface area contributed by atoms with Crippen LogP contribution in [0.4, 0.5) is 15.9 Å². The zero-order valence-corrected chi connectivity index (χ0v) is 55.1. The first-order valence-electron chi connectivity index (χ1n) is 33.1. The van der Waals surface area contributed by atoms with Gasteiger partial charge in [0.05, 0.1) is 33.8 Å². The Morgan fingerprint density at radius 1 is 0.941 bits per heavy atom. The second-order valence-electron chi connectivity index (χ2n) is 24.9. The summed E-state index contributed by atoms with van der Waals surface area (Å²) in [6.07, 6.45) is 24.2. The van der Waals surface area contributed by atoms with E-state index in [0.29, 0.717) is 62.9 Å². The van der Waals surface area contributed by atoms with Crippen LogP contribution in [0.25, 0.3) is 32.9 Å². The van der Waals surface area contributed by atoms with Crippen LogP contribution in [0.3, 0.4) is 0 Å². The molecule has 5 fully saturated rings. The molecule has 0 spiro atoms. The van der Waals surface area contributed by atoms with Gasteiger partial charge in [0.25, 0.3) is 0 Å². The van der Waals surface area contributed by atoms with E-state index in [0.717, 1.165) is 157 Å². The molecule has 2 aromatic heterocycles. The first-order valence-corrected chi connectivity index (χ1v) is 33.7. The Morgan fingerprint density at radius 3 is 2.33 bits per heavy atom. The predicted molar refractivity (Wildman–Crippen MR) is 354 cm³/mol. The first kappa shape index (κ1) is 67.4. The van der Waals surface area contributed by atoms with Gasteiger partial charge in [-0.15, -0.1) is 9.24 Å². The zero-order valence-electron chi connectivity index (χ0n) is 53.9. The van der Waals surface area contributed by atoms with Gasteiger partial charge in [-0.25, -0.2) is 4.39 Å². The highest BCUT2D eigenvalue weighted by Gasteiger charge is 2.49. The van der Waals surface area contributed by atoms with Gasteiger partial charge in [-0.2, -0.15) is 9.97 Å². The summed E-state index contributed by atoms with van der Waals surface area (Å²) in [5.74, 6) is 0.964. The summed E-state index contributed by atoms with van der Waals surface area (Å²) in [7, 11) is 2.93. The molecule has 4 saturated heterocycles. The summed E-state index contributed by atoms with van der Waals surface area (Å²) in [6, 6.07) is 14.8. The number of aliphatic hydroxyl groups is 1. The summed E-state index contributed by atoms with van der Waals surface area (Å²) in [5.41, 5.74) is 7.60. The fourth-order valence-corrected chi connectivity index (χ4v) is 14.2. The minimum atomic E-state index is -0.808. The van der Waals surface area contributed by atoms with Crippen molar-refractivity contribution in [3.63, 3.8) is 0 Å². The summed E-state index contributed by atoms with van der Waals surface area (Å²) in [4.78, 5) is 47.5. The second-order valence-corrected chi connectivity index (χ2v) is 25.5. The highest BCUT2D eigenvalue weighted by Crippen LogP contribution is 2.45. The van der Waals surface area contributed by atoms with E-state index in [9.17, 15) is 14.7 Å². The molecule has 0 bridgehead atoms. The molecule has 10 rings (SSSR count). The topological polar surface area (TPSA) is 133 Å². The van der Waals surface area contributed by atoms with Gasteiger partial charge >= 0.3 is 6.01 Å². The maximum absolute atomic E-state index is 15.3. The lowest BCUT2D eigenvalue weighted by Gasteiger charge is -2.38. The van der Waals surface area contributed by atoms with E-state index in [2.05, 4.69) is 89.8 Å². The monoisotopic (exact) mass is 1190 g/mol. The number of pyridine rings is 1. The molecule has 85 heavy (non-hydrogen) atoms. The third kappa shape index (κ3) is 16.2. The molecule has 4 unspecified atom stereocenters. The lowest BCUT2D eigenvalue weighted by atomic mass is 9.78. The van der Waals surface area contributed by atoms with Crippen LogP contribution in [-0.2, 0) is 27.2 Å². The van der Waals surface area contributed by atoms with E-state index in [1.165, 1.54) is 56.1 Å². The van der Waals surface area contributed by atoms with Crippen molar-refractivity contribution in [1.29, 1.82) is 0 Å². The number of nitrogens with zero attached hydrogens (tertiary/aromatic N) is 6. The van der Waals surface area contributed by atoms with Gasteiger partial charge in [0.15, 0.2) is 0 Å². The molecule has 6 heterocycles. The molecule has 14 heteroatoms. The number of hydrogen-bond acceptors (Lipinski definition) is 10. The van der Waals surface area contributed by atoms with Crippen molar-refractivity contribution in [3.8, 4) is 17.3 Å². The number of benzene rings is 3. The van der Waals surface area contributed by atoms with Gasteiger partial charge < -0.3 is 24.8 Å². The number of halogens is 1. The van der Waals surface area contributed by atoms with Crippen LogP contribution >= 0.6 is 9.24 Å². The number of aromatic nitrogens is 3. The van der Waals surface area contributed by atoms with E-state index < -0.39 is 11.6 Å². The Bertz CT molecular complexity index is 3030. The Balaban J connectivity index is 0.000000244. The fourth-order valence-electron chi connectivity index (χ4n) is 13.7. The van der Waals surface area contributed by atoms with Crippen LogP contribution in [-0.4, -0.2) is 98.9 Å². The van der Waals surface area contributed by atoms with Gasteiger partial charge in [0, 0.05) is 60.6 Å². The minimum Gasteiger partial charge on any atom is -0.461 e. The number of hydrogen-bond donors (Lipinski definition) is 2. The molecule has 0 radical (unpaired) electrons. The highest BCUT2D eigenvalue weighted by atomic mass is 31.0. The Kier molecular flexibility index (Phi) is 25.2. The van der Waals surface area contributed by atoms with Crippen molar-refractivity contribution < 1.29 is 28.6 Å². The number of ether oxygens (including phenoxy) is 2. The lowest BCUT2D eigenvalue weighted by molar-refractivity contribution is -0.126. The fraction of sp³-hybridized carbons (Fsp3) is 0.620. The summed E-state index contributed by atoms with van der Waals surface area (Å²) in [5, 5.41) is 17.6. The third-order valence-electron chi connectivity index (χ3n) is 18.1. The molecular weight excluding hydrogens is 1080 g/mol. The first-order chi connectivity index (χ1) is 41.0. The second kappa shape index (κ2) is 31.7. The van der Waals surface area contributed by atoms with Gasteiger partial charge in [-0.05, 0) is 187 Å². The Hall–Kier alpha value is -5.07. The number of anilines is 2. The van der Waals surface area contributed by atoms with Crippen molar-refractivity contribution in [1.82, 2.24) is 25.2 Å². The van der Waals surface area contributed by atoms with Crippen molar-refractivity contribution in [2.24, 2.45) is 0 Å². The highest BCUT2D eigenvalue weighted by molar-refractivity contribution is 7.28. The molecule has 1 saturated carbocycles. The van der Waals surface area contributed by atoms with Gasteiger partial charge in [-0.3, -0.25) is 24.4 Å². The van der Waals surface area contributed by atoms with Crippen LogP contribution in [0.15, 0.2) is 60.9 Å². The third-order valence-corrected chi connectivity index (χ3v) is 18.7. The van der Waals surface area contributed by atoms with Crippen LogP contribution in [0.5, 0.6) is 6.01 Å². The molecule has 2 N–H and O–H groups in total. The number of fused-ring (bicyclic) bond motifs is 3. The lowest BCUT2D eigenvalue weighted by Crippen LogP contribution is -2.52. The molecule has 5 atom stereocenters. The molecule has 4 aliphatic heterocycles. The van der Waals surface area contributed by atoms with E-state index in [1.807, 2.05) is 59.9 Å². The number of nitrogens with one attached hydrogen (secondary N) is 1. The largest absolute Gasteiger partial charge is 0.461 e. The molecule has 5 aliphatic rings. The standard InChI is InChI=1S/C39H49FN5O2P.C27H42N2O3.C3H8.C2H6/c1-4-27-13-16-39(15-8-18-45(27)39)23-47-37-42-34-30(36(43-37)44-17-7-14-38(3,46)22-44)21-41-33(35(34)48)29-20-26(24-9-6-10-24)19-25-11-12-31(40)28(5-2)32(25)29;1-6-10-23(11-7-2)32-18-9-13-22-15-17-24(20(4)19-22)29(26(30)12-8-3)25-16-14-21(5)28-27(25)31;1-3-2;1-2/h11-12,19-21,24,27,46H,4-10,13-18,22-23,48H2,1-3H3;15,17,19,23,25H,5-14,16,18H2,1-4H3,(H,28,31);3H2,1-2H3;1-2H3/t27?,38-,39?;;;/m1.../s1. The minimum absolute atomic E-state index is 0.00213. The SMILES string of the molecule is C=C1CCC(N(C(=O)CCC)c2ccc(CCCOC(CCC)CCC)cc2C)C(=O)N1.CC.CCC.CCc1c(F)ccc2cc(C3CCC3)cc(-c3ncc4c(N5CCC[C@@](C)(O)C5)nc(OCC56CCCN5C(CC)CC6)nc4c3P)c12. The van der Waals surface area contributed by atoms with E-state index in [4.69, 9.17) is 24.4 Å². The number of allylic oxidation sites excluding steroid dienone is 1. The summed E-state index contributed by atoms with van der Waals surface area (Å²) in [6.45, 7) is 30.5. The van der Waals surface area contributed by atoms with Crippen LogP contribution in [0.1, 0.15) is 226 Å². The van der Waals surface area contributed by atoms with Crippen molar-refractivity contribution in [2.75, 3.05) is 42.6 Å². The molecule has 3 aromatic carbocycles. The molecule has 2 amide bonds. The number of β-amino-alcohol motifs (C(OH)–C–C–N with tert-alkyl or cyclic N) is 1. The van der Waals surface area contributed by atoms with E-state index >= 15 is 4.39 Å². The molecule has 1 aliphatic carbocycles. The average Bonchev–Trinajstić information content (AvgIpc) is 3.99. The van der Waals surface area contributed by atoms with E-state index in [1.54, 1.807) is 11.0 Å². The number of carbonyl (C=O) groups excluding carboxylic acids is 2. The van der Waals surface area contributed by atoms with Gasteiger partial charge in [0.1, 0.15) is 24.3 Å². The number of aryl methyl sites for hydroxylation is 3. The maximum Gasteiger partial charge on any atom is 0.319 e. The molecular formula is C71H105FN7O5P. The summed E-state index contributed by atoms with van der Waals surface area (Å²) < 4.78 is 28.1. The van der Waals surface area contributed by atoms with Crippen LogP contribution in [0.2, 0.25) is 0 Å². The smallest absolute Gasteiger partial charge is 0.319 e. The molecule has 12 nitrogen and oxygen atoms in total. The molecule has 5 aromatic rings. The quantitative estimate of drug-likeness (QED) is 0.0540. The number of amides is 2. The normalized spacial score (nSPS) is 21.3. The maximum atomic E-state index is 15.3. The van der Waals surface area contributed by atoms with Crippen LogP contribution < -0.4 is 25.2 Å². The van der Waals surface area contributed by atoms with Crippen LogP contribution in [0, 0.1) is 12.7 Å². The van der Waals surface area contributed by atoms with Crippen molar-refractivity contribution >= 4 is 59.5 Å². The Labute approximate surface area is 512 Å². The Morgan fingerprint density at radius 2 is 1.68 bits per heavy atom. The number of rotatable bonds is 21. The van der Waals surface area contributed by atoms with Crippen molar-refractivity contribution in [3.05, 3.63) is 89.0 Å². The zero-order chi connectivity index (χ0) is 61.4. The average molecular weight is 1190 g/mol. The predicted octanol–water partition coefficient (Wildman–Crippen LogP) is 15.7. The van der Waals surface area contributed by atoms with Gasteiger partial charge in [-0.1, -0.05) is 119 Å². The van der Waals surface area contributed by atoms with E-state index in [-0.39, 0.29) is 23.2 Å². The summed E-state index contributed by atoms with van der Waals surface area (Å²) >= 11 is 0.